The zero-order valence-electron chi connectivity index (χ0n) is 19.8. The molecule has 1 unspecified atom stereocenters. The number of fused-ring (bicyclic) bond motifs is 3. The lowest BCUT2D eigenvalue weighted by atomic mass is 9.98. The quantitative estimate of drug-likeness (QED) is 0.419. The van der Waals surface area contributed by atoms with Gasteiger partial charge in [0.25, 0.3) is 0 Å². The van der Waals surface area contributed by atoms with Gasteiger partial charge in [0.2, 0.25) is 5.91 Å². The number of carbonyl (C=O) groups is 4. The van der Waals surface area contributed by atoms with Crippen LogP contribution < -0.4 is 10.6 Å². The van der Waals surface area contributed by atoms with Crippen LogP contribution in [0.3, 0.4) is 0 Å². The smallest absolute Gasteiger partial charge is 0.407 e. The Balaban J connectivity index is 1.58. The van der Waals surface area contributed by atoms with Crippen molar-refractivity contribution in [1.29, 1.82) is 0 Å². The largest absolute Gasteiger partial charge is 0.480 e. The van der Waals surface area contributed by atoms with E-state index in [2.05, 4.69) is 27.5 Å². The van der Waals surface area contributed by atoms with Gasteiger partial charge in [0, 0.05) is 18.4 Å². The molecular weight excluding hydrogens is 452 g/mol. The molecule has 3 N–H and O–H groups in total. The van der Waals surface area contributed by atoms with Gasteiger partial charge in [-0.15, -0.1) is 0 Å². The van der Waals surface area contributed by atoms with Crippen LogP contribution in [0.5, 0.6) is 0 Å². The van der Waals surface area contributed by atoms with Crippen LogP contribution in [0.15, 0.2) is 48.5 Å². The highest BCUT2D eigenvalue weighted by atomic mass is 16.5. The topological polar surface area (TPSA) is 131 Å². The van der Waals surface area contributed by atoms with Crippen LogP contribution in [-0.4, -0.2) is 54.8 Å². The van der Waals surface area contributed by atoms with E-state index < -0.39 is 42.4 Å². The molecule has 2 aromatic carbocycles. The highest BCUT2D eigenvalue weighted by molar-refractivity contribution is 5.87. The van der Waals surface area contributed by atoms with Crippen molar-refractivity contribution >= 4 is 23.9 Å². The Labute approximate surface area is 203 Å². The van der Waals surface area contributed by atoms with E-state index in [-0.39, 0.29) is 18.9 Å². The molecule has 2 amide bonds. The molecule has 3 rings (SSSR count). The molecule has 0 heterocycles. The molecular formula is C26H30N2O7. The minimum absolute atomic E-state index is 0.0873. The number of esters is 1. The minimum atomic E-state index is -1.41. The summed E-state index contributed by atoms with van der Waals surface area (Å²) in [6.07, 6.45) is -0.112. The number of carboxylic acid groups (broad SMARTS) is 1. The fourth-order valence-corrected chi connectivity index (χ4v) is 4.31. The SMILES string of the molecule is CCCC(CC(=O)N[C@H](CC(=O)OC)C(=O)O)NC(=O)OCC1c2ccccc2-c2ccccc21. The molecule has 186 valence electrons. The van der Waals surface area contributed by atoms with Crippen molar-refractivity contribution in [2.45, 2.75) is 50.6 Å². The molecule has 0 radical (unpaired) electrons. The molecule has 35 heavy (non-hydrogen) atoms. The second-order valence-electron chi connectivity index (χ2n) is 8.40. The highest BCUT2D eigenvalue weighted by Crippen LogP contribution is 2.44. The Hall–Kier alpha value is -3.88. The van der Waals surface area contributed by atoms with Crippen molar-refractivity contribution in [3.8, 4) is 11.1 Å². The van der Waals surface area contributed by atoms with E-state index in [4.69, 9.17) is 4.74 Å². The predicted octanol–water partition coefficient (Wildman–Crippen LogP) is 3.22. The number of benzene rings is 2. The number of hydrogen-bond donors (Lipinski definition) is 3. The van der Waals surface area contributed by atoms with Gasteiger partial charge in [0.1, 0.15) is 12.6 Å². The molecule has 0 bridgehead atoms. The van der Waals surface area contributed by atoms with Crippen LogP contribution in [0.1, 0.15) is 49.7 Å². The first kappa shape index (κ1) is 25.7. The molecule has 0 aliphatic heterocycles. The zero-order chi connectivity index (χ0) is 25.4. The van der Waals surface area contributed by atoms with Crippen molar-refractivity contribution < 1.29 is 33.8 Å². The molecule has 0 aromatic heterocycles. The van der Waals surface area contributed by atoms with E-state index in [9.17, 15) is 24.3 Å². The normalized spacial score (nSPS) is 13.7. The van der Waals surface area contributed by atoms with Gasteiger partial charge in [0.15, 0.2) is 0 Å². The Morgan fingerprint density at radius 3 is 2.09 bits per heavy atom. The number of aliphatic carboxylic acids is 1. The van der Waals surface area contributed by atoms with E-state index in [0.717, 1.165) is 29.4 Å². The lowest BCUT2D eigenvalue weighted by Crippen LogP contribution is -2.45. The van der Waals surface area contributed by atoms with Crippen LogP contribution in [0.2, 0.25) is 0 Å². The maximum Gasteiger partial charge on any atom is 0.407 e. The predicted molar refractivity (Wildman–Crippen MR) is 128 cm³/mol. The maximum absolute atomic E-state index is 12.6. The fraction of sp³-hybridized carbons (Fsp3) is 0.385. The Kier molecular flexibility index (Phi) is 8.83. The average Bonchev–Trinajstić information content (AvgIpc) is 3.16. The van der Waals surface area contributed by atoms with Crippen LogP contribution in [0, 0.1) is 0 Å². The van der Waals surface area contributed by atoms with E-state index in [1.54, 1.807) is 0 Å². The monoisotopic (exact) mass is 482 g/mol. The maximum atomic E-state index is 12.6. The summed E-state index contributed by atoms with van der Waals surface area (Å²) < 4.78 is 10.0. The number of amides is 2. The number of nitrogens with one attached hydrogen (secondary N) is 2. The third-order valence-corrected chi connectivity index (χ3v) is 5.97. The standard InChI is InChI=1S/C26H30N2O7/c1-3-8-16(13-23(29)28-22(25(31)32)14-24(30)34-2)27-26(33)35-15-21-19-11-6-4-9-17(19)18-10-5-7-12-20(18)21/h4-7,9-12,16,21-22H,3,8,13-15H2,1-2H3,(H,27,33)(H,28,29)(H,31,32)/t16?,22-/m1/s1. The third-order valence-electron chi connectivity index (χ3n) is 5.97. The van der Waals surface area contributed by atoms with Gasteiger partial charge in [-0.05, 0) is 28.7 Å². The molecule has 2 aromatic rings. The van der Waals surface area contributed by atoms with Crippen molar-refractivity contribution in [3.05, 3.63) is 59.7 Å². The van der Waals surface area contributed by atoms with Crippen molar-refractivity contribution in [2.24, 2.45) is 0 Å². The molecule has 0 saturated carbocycles. The molecule has 9 heteroatoms. The van der Waals surface area contributed by atoms with E-state index >= 15 is 0 Å². The van der Waals surface area contributed by atoms with E-state index in [1.165, 1.54) is 0 Å². The van der Waals surface area contributed by atoms with Crippen LogP contribution in [0.4, 0.5) is 4.79 Å². The van der Waals surface area contributed by atoms with Gasteiger partial charge in [-0.3, -0.25) is 9.59 Å². The van der Waals surface area contributed by atoms with E-state index in [1.807, 2.05) is 43.3 Å². The Bertz CT molecular complexity index is 1040. The van der Waals surface area contributed by atoms with Crippen LogP contribution >= 0.6 is 0 Å². The summed E-state index contributed by atoms with van der Waals surface area (Å²) in [7, 11) is 1.14. The fourth-order valence-electron chi connectivity index (χ4n) is 4.31. The first-order valence-corrected chi connectivity index (χ1v) is 11.5. The van der Waals surface area contributed by atoms with Crippen molar-refractivity contribution in [2.75, 3.05) is 13.7 Å². The number of carbonyl (C=O) groups excluding carboxylic acids is 3. The van der Waals surface area contributed by atoms with Crippen molar-refractivity contribution in [3.63, 3.8) is 0 Å². The summed E-state index contributed by atoms with van der Waals surface area (Å²) in [6, 6.07) is 14.1. The molecule has 9 nitrogen and oxygen atoms in total. The zero-order valence-corrected chi connectivity index (χ0v) is 19.8. The first-order valence-electron chi connectivity index (χ1n) is 11.5. The molecule has 0 fully saturated rings. The number of ether oxygens (including phenoxy) is 2. The number of rotatable bonds is 11. The summed E-state index contributed by atoms with van der Waals surface area (Å²) >= 11 is 0. The second kappa shape index (κ2) is 12.0. The molecule has 1 aliphatic rings. The number of hydrogen-bond acceptors (Lipinski definition) is 6. The van der Waals surface area contributed by atoms with Gasteiger partial charge in [-0.1, -0.05) is 61.9 Å². The number of alkyl carbamates (subject to hydrolysis) is 1. The Morgan fingerprint density at radius 1 is 0.943 bits per heavy atom. The summed E-state index contributed by atoms with van der Waals surface area (Å²) in [5, 5.41) is 14.3. The molecule has 0 spiro atoms. The minimum Gasteiger partial charge on any atom is -0.480 e. The van der Waals surface area contributed by atoms with Gasteiger partial charge in [-0.2, -0.15) is 0 Å². The van der Waals surface area contributed by atoms with Crippen LogP contribution in [0.25, 0.3) is 11.1 Å². The van der Waals surface area contributed by atoms with Gasteiger partial charge < -0.3 is 25.2 Å². The van der Waals surface area contributed by atoms with Crippen molar-refractivity contribution in [1.82, 2.24) is 10.6 Å². The second-order valence-corrected chi connectivity index (χ2v) is 8.40. The summed E-state index contributed by atoms with van der Waals surface area (Å²) in [6.45, 7) is 2.05. The number of methoxy groups -OCH3 is 1. The van der Waals surface area contributed by atoms with Gasteiger partial charge in [0.05, 0.1) is 13.5 Å². The lowest BCUT2D eigenvalue weighted by molar-refractivity contribution is -0.148. The summed E-state index contributed by atoms with van der Waals surface area (Å²) in [5.74, 6) is -2.78. The Morgan fingerprint density at radius 2 is 1.54 bits per heavy atom. The molecule has 0 saturated heterocycles. The molecule has 2 atom stereocenters. The summed E-state index contributed by atoms with van der Waals surface area (Å²) in [4.78, 5) is 47.8. The van der Waals surface area contributed by atoms with E-state index in [0.29, 0.717) is 12.8 Å². The number of carboxylic acids is 1. The first-order chi connectivity index (χ1) is 16.8. The van der Waals surface area contributed by atoms with Gasteiger partial charge in [-0.25, -0.2) is 9.59 Å². The molecule has 1 aliphatic carbocycles. The lowest BCUT2D eigenvalue weighted by Gasteiger charge is -2.20. The highest BCUT2D eigenvalue weighted by Gasteiger charge is 2.30. The van der Waals surface area contributed by atoms with Crippen LogP contribution in [-0.2, 0) is 23.9 Å². The van der Waals surface area contributed by atoms with Gasteiger partial charge >= 0.3 is 18.0 Å². The third kappa shape index (κ3) is 6.59. The summed E-state index contributed by atoms with van der Waals surface area (Å²) in [5.41, 5.74) is 4.43. The average molecular weight is 483 g/mol.